The molecular weight excluding hydrogens is 308 g/mol. The molecule has 0 aliphatic rings. The van der Waals surface area contributed by atoms with Gasteiger partial charge in [-0.15, -0.1) is 0 Å². The number of aliphatic hydroxyl groups is 1. The van der Waals surface area contributed by atoms with Gasteiger partial charge >= 0.3 is 0 Å². The zero-order valence-corrected chi connectivity index (χ0v) is 9.24. The SMILES string of the molecule is O=[N+]([O-])c1c(Cl)ccc(I)c1CO. The molecule has 0 fully saturated rings. The average molecular weight is 313 g/mol. The van der Waals surface area contributed by atoms with Crippen molar-refractivity contribution in [2.45, 2.75) is 6.61 Å². The van der Waals surface area contributed by atoms with Crippen LogP contribution in [0.15, 0.2) is 12.1 Å². The fraction of sp³-hybridized carbons (Fsp3) is 0.143. The lowest BCUT2D eigenvalue weighted by Gasteiger charge is -2.03. The van der Waals surface area contributed by atoms with E-state index in [0.29, 0.717) is 3.57 Å². The maximum atomic E-state index is 10.6. The molecule has 0 aliphatic carbocycles. The molecule has 4 nitrogen and oxygen atoms in total. The van der Waals surface area contributed by atoms with E-state index in [4.69, 9.17) is 16.7 Å². The minimum atomic E-state index is -0.587. The molecule has 0 aromatic heterocycles. The van der Waals surface area contributed by atoms with E-state index in [1.807, 2.05) is 22.6 Å². The zero-order chi connectivity index (χ0) is 10.0. The van der Waals surface area contributed by atoms with Gasteiger partial charge in [0.15, 0.2) is 0 Å². The van der Waals surface area contributed by atoms with Crippen molar-refractivity contribution >= 4 is 39.9 Å². The van der Waals surface area contributed by atoms with Crippen LogP contribution in [-0.4, -0.2) is 10.0 Å². The van der Waals surface area contributed by atoms with Crippen molar-refractivity contribution in [3.05, 3.63) is 36.4 Å². The van der Waals surface area contributed by atoms with E-state index in [0.717, 1.165) is 0 Å². The quantitative estimate of drug-likeness (QED) is 0.518. The first-order valence-corrected chi connectivity index (χ1v) is 4.75. The van der Waals surface area contributed by atoms with Gasteiger partial charge in [-0.3, -0.25) is 10.1 Å². The Morgan fingerprint density at radius 3 is 2.62 bits per heavy atom. The van der Waals surface area contributed by atoms with Crippen LogP contribution in [0.5, 0.6) is 0 Å². The number of rotatable bonds is 2. The topological polar surface area (TPSA) is 63.4 Å². The highest BCUT2D eigenvalue weighted by Gasteiger charge is 2.20. The van der Waals surface area contributed by atoms with Crippen molar-refractivity contribution in [3.63, 3.8) is 0 Å². The van der Waals surface area contributed by atoms with Crippen LogP contribution in [-0.2, 0) is 6.61 Å². The summed E-state index contributed by atoms with van der Waals surface area (Å²) in [5.74, 6) is 0. The first kappa shape index (κ1) is 10.7. The fourth-order valence-corrected chi connectivity index (χ4v) is 1.78. The molecule has 0 heterocycles. The normalized spacial score (nSPS) is 10.1. The largest absolute Gasteiger partial charge is 0.391 e. The molecule has 0 aliphatic heterocycles. The van der Waals surface area contributed by atoms with Gasteiger partial charge in [0.1, 0.15) is 5.02 Å². The van der Waals surface area contributed by atoms with Crippen LogP contribution in [0, 0.1) is 13.7 Å². The van der Waals surface area contributed by atoms with Crippen molar-refractivity contribution in [3.8, 4) is 0 Å². The lowest BCUT2D eigenvalue weighted by molar-refractivity contribution is -0.385. The summed E-state index contributed by atoms with van der Waals surface area (Å²) in [7, 11) is 0. The van der Waals surface area contributed by atoms with Crippen molar-refractivity contribution in [1.29, 1.82) is 0 Å². The Hall–Kier alpha value is -0.400. The molecule has 0 radical (unpaired) electrons. The summed E-state index contributed by atoms with van der Waals surface area (Å²) < 4.78 is 0.635. The lowest BCUT2D eigenvalue weighted by atomic mass is 10.2. The van der Waals surface area contributed by atoms with Gasteiger partial charge < -0.3 is 5.11 Å². The monoisotopic (exact) mass is 313 g/mol. The van der Waals surface area contributed by atoms with Crippen LogP contribution in [0.1, 0.15) is 5.56 Å². The molecule has 0 saturated carbocycles. The third-order valence-electron chi connectivity index (χ3n) is 1.52. The van der Waals surface area contributed by atoms with E-state index >= 15 is 0 Å². The average Bonchev–Trinajstić information content (AvgIpc) is 2.07. The first-order chi connectivity index (χ1) is 6.07. The maximum absolute atomic E-state index is 10.6. The number of benzene rings is 1. The molecule has 6 heteroatoms. The number of nitro groups is 1. The molecule has 0 atom stereocenters. The summed E-state index contributed by atoms with van der Waals surface area (Å²) in [6, 6.07) is 3.07. The second-order valence-electron chi connectivity index (χ2n) is 2.27. The van der Waals surface area contributed by atoms with Gasteiger partial charge in [-0.25, -0.2) is 0 Å². The summed E-state index contributed by atoms with van der Waals surface area (Å²) in [4.78, 5) is 9.97. The Morgan fingerprint density at radius 1 is 1.62 bits per heavy atom. The first-order valence-electron chi connectivity index (χ1n) is 3.30. The van der Waals surface area contributed by atoms with Gasteiger partial charge in [-0.1, -0.05) is 11.6 Å². The van der Waals surface area contributed by atoms with E-state index in [2.05, 4.69) is 0 Å². The van der Waals surface area contributed by atoms with E-state index in [-0.39, 0.29) is 22.9 Å². The summed E-state index contributed by atoms with van der Waals surface area (Å²) >= 11 is 7.53. The van der Waals surface area contributed by atoms with E-state index in [1.165, 1.54) is 6.07 Å². The molecule has 1 rings (SSSR count). The lowest BCUT2D eigenvalue weighted by Crippen LogP contribution is -1.98. The Bertz CT molecular complexity index is 356. The molecule has 13 heavy (non-hydrogen) atoms. The minimum absolute atomic E-state index is 0.0504. The number of nitrogens with zero attached hydrogens (tertiary/aromatic N) is 1. The third kappa shape index (κ3) is 2.09. The standard InChI is InChI=1S/C7H5ClINO3/c8-5-1-2-6(9)4(3-11)7(5)10(12)13/h1-2,11H,3H2. The highest BCUT2D eigenvalue weighted by atomic mass is 127. The minimum Gasteiger partial charge on any atom is -0.391 e. The van der Waals surface area contributed by atoms with Crippen molar-refractivity contribution in [2.24, 2.45) is 0 Å². The summed E-state index contributed by atoms with van der Waals surface area (Å²) in [5, 5.41) is 19.5. The highest BCUT2D eigenvalue weighted by molar-refractivity contribution is 14.1. The number of hydrogen-bond acceptors (Lipinski definition) is 3. The molecule has 0 bridgehead atoms. The van der Waals surface area contributed by atoms with Gasteiger partial charge in [-0.2, -0.15) is 0 Å². The summed E-state index contributed by atoms with van der Waals surface area (Å²) in [6.07, 6.45) is 0. The Morgan fingerprint density at radius 2 is 2.23 bits per heavy atom. The smallest absolute Gasteiger partial charge is 0.294 e. The predicted octanol–water partition coefficient (Wildman–Crippen LogP) is 2.35. The fourth-order valence-electron chi connectivity index (χ4n) is 0.931. The number of hydrogen-bond donors (Lipinski definition) is 1. The molecule has 0 amide bonds. The number of nitro benzene ring substituents is 1. The molecule has 0 saturated heterocycles. The van der Waals surface area contributed by atoms with Crippen LogP contribution >= 0.6 is 34.2 Å². The van der Waals surface area contributed by atoms with Crippen molar-refractivity contribution in [1.82, 2.24) is 0 Å². The molecule has 70 valence electrons. The van der Waals surface area contributed by atoms with Crippen LogP contribution in [0.25, 0.3) is 0 Å². The molecule has 0 unspecified atom stereocenters. The zero-order valence-electron chi connectivity index (χ0n) is 6.33. The Labute approximate surface area is 92.8 Å². The van der Waals surface area contributed by atoms with E-state index in [1.54, 1.807) is 6.07 Å². The second-order valence-corrected chi connectivity index (χ2v) is 3.84. The number of halogens is 2. The summed E-state index contributed by atoms with van der Waals surface area (Å²) in [6.45, 7) is -0.380. The van der Waals surface area contributed by atoms with Crippen LogP contribution in [0.2, 0.25) is 5.02 Å². The molecular formula is C7H5ClINO3. The Balaban J connectivity index is 3.43. The molecule has 1 aromatic carbocycles. The van der Waals surface area contributed by atoms with Crippen LogP contribution < -0.4 is 0 Å². The summed E-state index contributed by atoms with van der Waals surface area (Å²) in [5.41, 5.74) is 0.0502. The third-order valence-corrected chi connectivity index (χ3v) is 2.83. The van der Waals surface area contributed by atoms with Gasteiger partial charge in [-0.05, 0) is 34.7 Å². The second kappa shape index (κ2) is 4.21. The highest BCUT2D eigenvalue weighted by Crippen LogP contribution is 2.31. The van der Waals surface area contributed by atoms with Crippen molar-refractivity contribution < 1.29 is 10.0 Å². The van der Waals surface area contributed by atoms with Crippen LogP contribution in [0.3, 0.4) is 0 Å². The van der Waals surface area contributed by atoms with E-state index in [9.17, 15) is 10.1 Å². The molecule has 1 aromatic rings. The molecule has 1 N–H and O–H groups in total. The maximum Gasteiger partial charge on any atom is 0.294 e. The van der Waals surface area contributed by atoms with E-state index < -0.39 is 4.92 Å². The molecule has 0 spiro atoms. The number of aliphatic hydroxyl groups excluding tert-OH is 1. The predicted molar refractivity (Wildman–Crippen MR) is 56.7 cm³/mol. The van der Waals surface area contributed by atoms with Gasteiger partial charge in [0.2, 0.25) is 0 Å². The van der Waals surface area contributed by atoms with Gasteiger partial charge in [0.05, 0.1) is 17.1 Å². The van der Waals surface area contributed by atoms with Crippen molar-refractivity contribution in [2.75, 3.05) is 0 Å². The van der Waals surface area contributed by atoms with Gasteiger partial charge in [0.25, 0.3) is 5.69 Å². The van der Waals surface area contributed by atoms with Gasteiger partial charge in [0, 0.05) is 3.57 Å². The van der Waals surface area contributed by atoms with Crippen LogP contribution in [0.4, 0.5) is 5.69 Å². The Kier molecular flexibility index (Phi) is 3.46.